The lowest BCUT2D eigenvalue weighted by atomic mass is 10.0. The molecule has 3 aromatic carbocycles. The van der Waals surface area contributed by atoms with Crippen LogP contribution < -0.4 is 10.6 Å². The van der Waals surface area contributed by atoms with Crippen molar-refractivity contribution in [1.82, 2.24) is 20.0 Å². The number of nitriles is 2. The Morgan fingerprint density at radius 3 is 2.56 bits per heavy atom. The summed E-state index contributed by atoms with van der Waals surface area (Å²) in [6, 6.07) is 25.2. The molecule has 0 aliphatic heterocycles. The molecule has 0 fully saturated rings. The van der Waals surface area contributed by atoms with Crippen LogP contribution in [0.25, 0.3) is 10.9 Å². The van der Waals surface area contributed by atoms with Crippen molar-refractivity contribution in [2.45, 2.75) is 32.0 Å². The molecule has 8 nitrogen and oxygen atoms in total. The van der Waals surface area contributed by atoms with Crippen molar-refractivity contribution >= 4 is 33.9 Å². The van der Waals surface area contributed by atoms with Crippen LogP contribution in [0.2, 0.25) is 5.02 Å². The molecule has 0 spiro atoms. The summed E-state index contributed by atoms with van der Waals surface area (Å²) in [4.78, 5) is 4.51. The van der Waals surface area contributed by atoms with Crippen LogP contribution in [0.3, 0.4) is 0 Å². The lowest BCUT2D eigenvalue weighted by molar-refractivity contribution is 0.661. The number of anilines is 2. The molecule has 2 atom stereocenters. The van der Waals surface area contributed by atoms with Crippen LogP contribution in [-0.2, 0) is 6.54 Å². The molecular formula is C32H27ClN8. The van der Waals surface area contributed by atoms with Gasteiger partial charge in [0.25, 0.3) is 0 Å². The lowest BCUT2D eigenvalue weighted by Gasteiger charge is -2.22. The third-order valence-corrected chi connectivity index (χ3v) is 7.09. The molecule has 2 aromatic heterocycles. The van der Waals surface area contributed by atoms with Gasteiger partial charge in [-0.15, -0.1) is 11.7 Å². The molecule has 0 amide bonds. The van der Waals surface area contributed by atoms with Crippen LogP contribution in [0.1, 0.15) is 53.4 Å². The minimum absolute atomic E-state index is 0.0225. The van der Waals surface area contributed by atoms with E-state index < -0.39 is 6.04 Å². The second-order valence-electron chi connectivity index (χ2n) is 9.50. The van der Waals surface area contributed by atoms with E-state index in [2.05, 4.69) is 63.7 Å². The summed E-state index contributed by atoms with van der Waals surface area (Å²) in [6.45, 7) is 6.38. The lowest BCUT2D eigenvalue weighted by Crippen LogP contribution is -2.14. The fraction of sp³-hybridized carbons (Fsp3) is 0.156. The van der Waals surface area contributed by atoms with Crippen molar-refractivity contribution in [3.63, 3.8) is 0 Å². The van der Waals surface area contributed by atoms with Crippen LogP contribution in [0.15, 0.2) is 91.8 Å². The average molecular weight is 559 g/mol. The predicted molar refractivity (Wildman–Crippen MR) is 161 cm³/mol. The molecule has 9 heteroatoms. The molecule has 0 aliphatic rings. The Labute approximate surface area is 243 Å². The summed E-state index contributed by atoms with van der Waals surface area (Å²) >= 11 is 6.79. The van der Waals surface area contributed by atoms with Crippen molar-refractivity contribution in [3.05, 3.63) is 125 Å². The van der Waals surface area contributed by atoms with Crippen molar-refractivity contribution in [3.8, 4) is 12.1 Å². The molecule has 0 aliphatic carbocycles. The highest BCUT2D eigenvalue weighted by Gasteiger charge is 2.21. The number of nitrogens with zero attached hydrogens (tertiary/aromatic N) is 6. The van der Waals surface area contributed by atoms with Gasteiger partial charge in [0, 0.05) is 17.3 Å². The average Bonchev–Trinajstić information content (AvgIpc) is 3.47. The van der Waals surface area contributed by atoms with Crippen LogP contribution in [0.4, 0.5) is 11.4 Å². The number of allylic oxidation sites excluding steroid dienone is 1. The van der Waals surface area contributed by atoms with E-state index in [0.717, 1.165) is 17.5 Å². The third kappa shape index (κ3) is 5.89. The third-order valence-electron chi connectivity index (χ3n) is 6.80. The molecule has 5 aromatic rings. The normalized spacial score (nSPS) is 12.2. The fourth-order valence-electron chi connectivity index (χ4n) is 4.81. The summed E-state index contributed by atoms with van der Waals surface area (Å²) in [7, 11) is 0. The molecular weight excluding hydrogens is 532 g/mol. The highest BCUT2D eigenvalue weighted by molar-refractivity contribution is 6.35. The maximum atomic E-state index is 9.98. The van der Waals surface area contributed by atoms with Crippen LogP contribution >= 0.6 is 11.6 Å². The zero-order chi connectivity index (χ0) is 28.8. The Morgan fingerprint density at radius 1 is 1.02 bits per heavy atom. The number of benzene rings is 3. The molecule has 5 rings (SSSR count). The summed E-state index contributed by atoms with van der Waals surface area (Å²) in [5.74, 6) is 0. The monoisotopic (exact) mass is 558 g/mol. The van der Waals surface area contributed by atoms with E-state index in [1.807, 2.05) is 48.7 Å². The molecule has 202 valence electrons. The van der Waals surface area contributed by atoms with Gasteiger partial charge in [-0.1, -0.05) is 72.3 Å². The fourth-order valence-corrected chi connectivity index (χ4v) is 5.08. The van der Waals surface area contributed by atoms with Crippen LogP contribution in [-0.4, -0.2) is 20.0 Å². The van der Waals surface area contributed by atoms with E-state index in [4.69, 9.17) is 11.6 Å². The summed E-state index contributed by atoms with van der Waals surface area (Å²) in [5, 5.41) is 36.4. The maximum Gasteiger partial charge on any atom is 0.109 e. The molecule has 1 unspecified atom stereocenters. The number of halogens is 1. The minimum Gasteiger partial charge on any atom is -0.377 e. The van der Waals surface area contributed by atoms with Gasteiger partial charge in [-0.3, -0.25) is 4.98 Å². The first-order chi connectivity index (χ1) is 20.0. The van der Waals surface area contributed by atoms with Crippen molar-refractivity contribution in [2.75, 3.05) is 10.6 Å². The van der Waals surface area contributed by atoms with Gasteiger partial charge < -0.3 is 10.6 Å². The van der Waals surface area contributed by atoms with Gasteiger partial charge in [0.2, 0.25) is 0 Å². The second-order valence-corrected chi connectivity index (χ2v) is 9.90. The van der Waals surface area contributed by atoms with E-state index in [9.17, 15) is 10.5 Å². The number of hydrogen-bond donors (Lipinski definition) is 2. The van der Waals surface area contributed by atoms with Crippen LogP contribution in [0.5, 0.6) is 0 Å². The van der Waals surface area contributed by atoms with Gasteiger partial charge in [-0.25, -0.2) is 4.68 Å². The predicted octanol–water partition coefficient (Wildman–Crippen LogP) is 7.17. The van der Waals surface area contributed by atoms with E-state index in [0.29, 0.717) is 50.7 Å². The van der Waals surface area contributed by atoms with Gasteiger partial charge in [-0.05, 0) is 41.8 Å². The number of fused-ring (bicyclic) bond motifs is 1. The first-order valence-corrected chi connectivity index (χ1v) is 13.5. The largest absolute Gasteiger partial charge is 0.377 e. The minimum atomic E-state index is -0.438. The molecule has 2 heterocycles. The number of nitrogens with one attached hydrogen (secondary N) is 2. The molecule has 2 N–H and O–H groups in total. The molecule has 41 heavy (non-hydrogen) atoms. The Hall–Kier alpha value is -5.18. The van der Waals surface area contributed by atoms with E-state index >= 15 is 0 Å². The number of aromatic nitrogens is 4. The van der Waals surface area contributed by atoms with E-state index in [-0.39, 0.29) is 6.04 Å². The Bertz CT molecular complexity index is 1780. The van der Waals surface area contributed by atoms with Crippen LogP contribution in [0, 0.1) is 22.7 Å². The summed E-state index contributed by atoms with van der Waals surface area (Å²) in [5.41, 5.74) is 5.51. The van der Waals surface area contributed by atoms with Crippen molar-refractivity contribution in [2.24, 2.45) is 0 Å². The first-order valence-electron chi connectivity index (χ1n) is 13.2. The number of hydrogen-bond acceptors (Lipinski definition) is 7. The van der Waals surface area contributed by atoms with Crippen molar-refractivity contribution < 1.29 is 0 Å². The smallest absolute Gasteiger partial charge is 0.109 e. The zero-order valence-electron chi connectivity index (χ0n) is 22.4. The number of rotatable bonds is 10. The van der Waals surface area contributed by atoms with Gasteiger partial charge in [0.1, 0.15) is 11.8 Å². The Balaban J connectivity index is 1.61. The SMILES string of the molecule is C=CCn1cc(C(Nc2cc(Cl)c3ncc(C#N)c(N[C@H](CC)c4ccccc4)c3c2)c2cccc(C#N)c2)nn1. The van der Waals surface area contributed by atoms with Gasteiger partial charge >= 0.3 is 0 Å². The standard InChI is InChI=1S/C32H27ClN8/c1-3-13-41-20-29(39-40-41)31(23-12-8-9-21(14-23)17-34)37-25-15-26-30(24(18-35)19-36-32(26)27(33)16-25)38-28(4-2)22-10-6-5-7-11-22/h3,5-12,14-16,19-20,28,31,37H,1,4,13H2,2H3,(H,36,38)/t28-,31?/m1/s1. The highest BCUT2D eigenvalue weighted by atomic mass is 35.5. The maximum absolute atomic E-state index is 9.98. The Kier molecular flexibility index (Phi) is 8.24. The second kappa shape index (κ2) is 12.3. The Morgan fingerprint density at radius 2 is 1.83 bits per heavy atom. The quantitative estimate of drug-likeness (QED) is 0.174. The highest BCUT2D eigenvalue weighted by Crippen LogP contribution is 2.37. The van der Waals surface area contributed by atoms with Crippen molar-refractivity contribution in [1.29, 1.82) is 10.5 Å². The molecule has 0 bridgehead atoms. The summed E-state index contributed by atoms with van der Waals surface area (Å²) < 4.78 is 1.69. The van der Waals surface area contributed by atoms with Gasteiger partial charge in [-0.2, -0.15) is 10.5 Å². The first kappa shape index (κ1) is 27.4. The van der Waals surface area contributed by atoms with E-state index in [1.54, 1.807) is 29.1 Å². The summed E-state index contributed by atoms with van der Waals surface area (Å²) in [6.07, 6.45) is 5.94. The van der Waals surface area contributed by atoms with E-state index in [1.165, 1.54) is 0 Å². The number of pyridine rings is 1. The van der Waals surface area contributed by atoms with Gasteiger partial charge in [0.15, 0.2) is 0 Å². The zero-order valence-corrected chi connectivity index (χ0v) is 23.2. The molecule has 0 radical (unpaired) electrons. The van der Waals surface area contributed by atoms with Gasteiger partial charge in [0.05, 0.1) is 58.2 Å². The molecule has 0 saturated heterocycles. The topological polar surface area (TPSA) is 115 Å². The molecule has 0 saturated carbocycles.